The molecule has 2 aliphatic rings. The van der Waals surface area contributed by atoms with Gasteiger partial charge < -0.3 is 20.9 Å². The van der Waals surface area contributed by atoms with E-state index in [9.17, 15) is 9.59 Å². The van der Waals surface area contributed by atoms with E-state index in [0.717, 1.165) is 44.3 Å². The number of rotatable bonds is 6. The topological polar surface area (TPSA) is 110 Å². The van der Waals surface area contributed by atoms with Gasteiger partial charge in [0.25, 0.3) is 5.91 Å². The molecule has 0 bridgehead atoms. The first-order valence-corrected chi connectivity index (χ1v) is 8.42. The van der Waals surface area contributed by atoms with E-state index in [1.54, 1.807) is 6.07 Å². The van der Waals surface area contributed by atoms with E-state index >= 15 is 0 Å². The van der Waals surface area contributed by atoms with Crippen LogP contribution in [0.15, 0.2) is 10.6 Å². The lowest BCUT2D eigenvalue weighted by molar-refractivity contribution is -0.121. The number of nitrogens with one attached hydrogen (secondary N) is 2. The Morgan fingerprint density at radius 2 is 1.78 bits per heavy atom. The number of nitrogens with zero attached hydrogens (tertiary/aromatic N) is 1. The lowest BCUT2D eigenvalue weighted by Gasteiger charge is -2.29. The molecule has 2 amide bonds. The highest BCUT2D eigenvalue weighted by Gasteiger charge is 2.30. The predicted octanol–water partition coefficient (Wildman–Crippen LogP) is 1.06. The van der Waals surface area contributed by atoms with Gasteiger partial charge in [-0.2, -0.15) is 0 Å². The van der Waals surface area contributed by atoms with Crippen LogP contribution in [0, 0.1) is 0 Å². The third-order valence-electron chi connectivity index (χ3n) is 4.54. The van der Waals surface area contributed by atoms with Crippen LogP contribution in [0.2, 0.25) is 0 Å². The third-order valence-corrected chi connectivity index (χ3v) is 4.54. The molecule has 4 N–H and O–H groups in total. The van der Waals surface area contributed by atoms with Gasteiger partial charge >= 0.3 is 0 Å². The minimum Gasteiger partial charge on any atom is -0.360 e. The van der Waals surface area contributed by atoms with Crippen molar-refractivity contribution in [1.29, 1.82) is 0 Å². The summed E-state index contributed by atoms with van der Waals surface area (Å²) >= 11 is 0. The van der Waals surface area contributed by atoms with Crippen molar-refractivity contribution in [3.8, 4) is 0 Å². The average molecular weight is 320 g/mol. The Morgan fingerprint density at radius 1 is 1.13 bits per heavy atom. The van der Waals surface area contributed by atoms with Gasteiger partial charge in [-0.25, -0.2) is 0 Å². The van der Waals surface area contributed by atoms with Crippen LogP contribution in [-0.4, -0.2) is 35.6 Å². The van der Waals surface area contributed by atoms with E-state index in [2.05, 4.69) is 15.8 Å². The molecule has 0 aliphatic heterocycles. The SMILES string of the molecule is NCCC(=O)N[C@H]1CC[C@@H](NC(=O)c2cc(C3CC3)on2)CC1. The third kappa shape index (κ3) is 4.31. The van der Waals surface area contributed by atoms with E-state index in [1.807, 2.05) is 0 Å². The molecule has 0 atom stereocenters. The molecule has 0 unspecified atom stereocenters. The second kappa shape index (κ2) is 7.12. The number of carbonyl (C=O) groups excluding carboxylic acids is 2. The number of carbonyl (C=O) groups is 2. The van der Waals surface area contributed by atoms with Crippen LogP contribution in [0.4, 0.5) is 0 Å². The van der Waals surface area contributed by atoms with E-state index in [-0.39, 0.29) is 23.9 Å². The molecule has 2 aliphatic carbocycles. The minimum atomic E-state index is -0.170. The Hall–Kier alpha value is -1.89. The number of nitrogens with two attached hydrogens (primary N) is 1. The van der Waals surface area contributed by atoms with Gasteiger partial charge in [0.2, 0.25) is 5.91 Å². The van der Waals surface area contributed by atoms with Crippen molar-refractivity contribution in [2.75, 3.05) is 6.54 Å². The van der Waals surface area contributed by atoms with Crippen LogP contribution < -0.4 is 16.4 Å². The van der Waals surface area contributed by atoms with Crippen molar-refractivity contribution in [1.82, 2.24) is 15.8 Å². The highest BCUT2D eigenvalue weighted by molar-refractivity contribution is 5.92. The lowest BCUT2D eigenvalue weighted by atomic mass is 9.91. The normalized spacial score (nSPS) is 24.2. The molecule has 2 fully saturated rings. The minimum absolute atomic E-state index is 0.00943. The molecule has 1 heterocycles. The smallest absolute Gasteiger partial charge is 0.273 e. The summed E-state index contributed by atoms with van der Waals surface area (Å²) < 4.78 is 5.21. The van der Waals surface area contributed by atoms with Crippen LogP contribution in [0.1, 0.15) is 67.1 Å². The fourth-order valence-corrected chi connectivity index (χ4v) is 3.03. The zero-order valence-electron chi connectivity index (χ0n) is 13.2. The van der Waals surface area contributed by atoms with Crippen molar-refractivity contribution < 1.29 is 14.1 Å². The summed E-state index contributed by atoms with van der Waals surface area (Å²) in [6, 6.07) is 2.08. The molecule has 126 valence electrons. The zero-order valence-corrected chi connectivity index (χ0v) is 13.2. The van der Waals surface area contributed by atoms with Crippen molar-refractivity contribution in [3.05, 3.63) is 17.5 Å². The molecule has 1 aromatic rings. The molecule has 2 saturated carbocycles. The van der Waals surface area contributed by atoms with Gasteiger partial charge in [-0.1, -0.05) is 5.16 Å². The van der Waals surface area contributed by atoms with Crippen LogP contribution in [-0.2, 0) is 4.79 Å². The molecule has 0 radical (unpaired) electrons. The molecule has 7 heteroatoms. The fourth-order valence-electron chi connectivity index (χ4n) is 3.03. The largest absolute Gasteiger partial charge is 0.360 e. The Balaban J connectivity index is 1.42. The quantitative estimate of drug-likeness (QED) is 0.726. The number of hydrogen-bond acceptors (Lipinski definition) is 5. The lowest BCUT2D eigenvalue weighted by Crippen LogP contribution is -2.44. The summed E-state index contributed by atoms with van der Waals surface area (Å²) in [5.74, 6) is 1.12. The first kappa shape index (κ1) is 16.0. The maximum atomic E-state index is 12.2. The highest BCUT2D eigenvalue weighted by atomic mass is 16.5. The molecular weight excluding hydrogens is 296 g/mol. The number of hydrogen-bond donors (Lipinski definition) is 3. The molecule has 0 aromatic carbocycles. The maximum absolute atomic E-state index is 12.2. The average Bonchev–Trinajstić information content (AvgIpc) is 3.26. The summed E-state index contributed by atoms with van der Waals surface area (Å²) in [6.45, 7) is 0.373. The first-order chi connectivity index (χ1) is 11.2. The maximum Gasteiger partial charge on any atom is 0.273 e. The van der Waals surface area contributed by atoms with E-state index in [1.165, 1.54) is 0 Å². The monoisotopic (exact) mass is 320 g/mol. The van der Waals surface area contributed by atoms with Crippen molar-refractivity contribution in [2.24, 2.45) is 5.73 Å². The Morgan fingerprint density at radius 3 is 2.39 bits per heavy atom. The molecule has 7 nitrogen and oxygen atoms in total. The Bertz CT molecular complexity index is 559. The van der Waals surface area contributed by atoms with Gasteiger partial charge in [-0.3, -0.25) is 9.59 Å². The van der Waals surface area contributed by atoms with E-state index in [0.29, 0.717) is 24.6 Å². The van der Waals surface area contributed by atoms with E-state index < -0.39 is 0 Å². The van der Waals surface area contributed by atoms with Crippen LogP contribution in [0.5, 0.6) is 0 Å². The van der Waals surface area contributed by atoms with Gasteiger partial charge in [0.05, 0.1) is 0 Å². The van der Waals surface area contributed by atoms with Crippen LogP contribution in [0.25, 0.3) is 0 Å². The van der Waals surface area contributed by atoms with Crippen molar-refractivity contribution >= 4 is 11.8 Å². The second-order valence-corrected chi connectivity index (χ2v) is 6.52. The summed E-state index contributed by atoms with van der Waals surface area (Å²) in [4.78, 5) is 23.7. The molecule has 0 spiro atoms. The molecular formula is C16H24N4O3. The van der Waals surface area contributed by atoms with Crippen LogP contribution >= 0.6 is 0 Å². The zero-order chi connectivity index (χ0) is 16.2. The Labute approximate surface area is 135 Å². The molecule has 3 rings (SSSR count). The summed E-state index contributed by atoms with van der Waals surface area (Å²) in [5.41, 5.74) is 5.74. The second-order valence-electron chi connectivity index (χ2n) is 6.52. The van der Waals surface area contributed by atoms with E-state index in [4.69, 9.17) is 10.3 Å². The van der Waals surface area contributed by atoms with Crippen LogP contribution in [0.3, 0.4) is 0 Å². The van der Waals surface area contributed by atoms with Crippen molar-refractivity contribution in [2.45, 2.75) is 62.9 Å². The summed E-state index contributed by atoms with van der Waals surface area (Å²) in [7, 11) is 0. The standard InChI is InChI=1S/C16H24N4O3/c17-8-7-15(21)18-11-3-5-12(6-4-11)19-16(22)13-9-14(23-20-13)10-1-2-10/h9-12H,1-8,17H2,(H,18,21)(H,19,22)/t11-,12+. The first-order valence-electron chi connectivity index (χ1n) is 8.42. The van der Waals surface area contributed by atoms with Gasteiger partial charge in [0.1, 0.15) is 5.76 Å². The van der Waals surface area contributed by atoms with Gasteiger partial charge in [-0.05, 0) is 38.5 Å². The van der Waals surface area contributed by atoms with Crippen molar-refractivity contribution in [3.63, 3.8) is 0 Å². The summed E-state index contributed by atoms with van der Waals surface area (Å²) in [5, 5.41) is 9.86. The molecule has 0 saturated heterocycles. The Kier molecular flexibility index (Phi) is 4.95. The number of amides is 2. The van der Waals surface area contributed by atoms with Gasteiger partial charge in [0, 0.05) is 37.0 Å². The summed E-state index contributed by atoms with van der Waals surface area (Å²) in [6.07, 6.45) is 6.05. The fraction of sp³-hybridized carbons (Fsp3) is 0.688. The van der Waals surface area contributed by atoms with Gasteiger partial charge in [-0.15, -0.1) is 0 Å². The number of aromatic nitrogens is 1. The van der Waals surface area contributed by atoms with Gasteiger partial charge in [0.15, 0.2) is 5.69 Å². The highest BCUT2D eigenvalue weighted by Crippen LogP contribution is 2.40. The predicted molar refractivity (Wildman–Crippen MR) is 83.8 cm³/mol. The molecule has 1 aromatic heterocycles. The molecule has 23 heavy (non-hydrogen) atoms.